The molecule has 6 nitrogen and oxygen atoms in total. The average molecular weight is 230 g/mol. The molecule has 1 saturated heterocycles. The van der Waals surface area contributed by atoms with Gasteiger partial charge in [-0.05, 0) is 25.8 Å². The highest BCUT2D eigenvalue weighted by molar-refractivity contribution is 5.92. The second-order valence-corrected chi connectivity index (χ2v) is 3.84. The van der Waals surface area contributed by atoms with E-state index < -0.39 is 6.09 Å². The molecule has 0 bridgehead atoms. The number of carbonyl (C=O) groups is 2. The molecular weight excluding hydrogens is 212 g/mol. The maximum atomic E-state index is 11.4. The third-order valence-electron chi connectivity index (χ3n) is 2.51. The van der Waals surface area contributed by atoms with Crippen molar-refractivity contribution in [1.82, 2.24) is 10.2 Å². The fourth-order valence-electron chi connectivity index (χ4n) is 1.73. The van der Waals surface area contributed by atoms with E-state index in [0.29, 0.717) is 6.54 Å². The maximum absolute atomic E-state index is 11.4. The molecule has 1 heterocycles. The molecule has 1 aliphatic rings. The number of likely N-dealkylation sites (tertiary alicyclic amines) is 1. The van der Waals surface area contributed by atoms with Gasteiger partial charge in [0.25, 0.3) is 0 Å². The maximum Gasteiger partial charge on any atom is 0.413 e. The van der Waals surface area contributed by atoms with Crippen molar-refractivity contribution in [1.29, 1.82) is 0 Å². The predicted molar refractivity (Wildman–Crippen MR) is 56.8 cm³/mol. The van der Waals surface area contributed by atoms with Gasteiger partial charge in [0, 0.05) is 13.2 Å². The van der Waals surface area contributed by atoms with Crippen LogP contribution in [0.4, 0.5) is 4.79 Å². The van der Waals surface area contributed by atoms with Gasteiger partial charge in [-0.3, -0.25) is 15.0 Å². The van der Waals surface area contributed by atoms with Crippen molar-refractivity contribution in [3.05, 3.63) is 0 Å². The molecule has 0 aromatic carbocycles. The summed E-state index contributed by atoms with van der Waals surface area (Å²) in [5.74, 6) is -0.118. The molecule has 1 rings (SSSR count). The minimum absolute atomic E-state index is 0.149. The van der Waals surface area contributed by atoms with E-state index in [-0.39, 0.29) is 31.6 Å². The van der Waals surface area contributed by atoms with Crippen LogP contribution < -0.4 is 5.32 Å². The number of alkyl carbamates (subject to hydrolysis) is 1. The number of aliphatic hydroxyl groups excluding tert-OH is 1. The number of nitrogens with zero attached hydrogens (tertiary/aromatic N) is 1. The summed E-state index contributed by atoms with van der Waals surface area (Å²) < 4.78 is 4.59. The van der Waals surface area contributed by atoms with Crippen LogP contribution in [0.1, 0.15) is 13.3 Å². The van der Waals surface area contributed by atoms with E-state index in [9.17, 15) is 9.59 Å². The van der Waals surface area contributed by atoms with Gasteiger partial charge in [-0.25, -0.2) is 4.79 Å². The van der Waals surface area contributed by atoms with Gasteiger partial charge in [0.05, 0.1) is 13.2 Å². The Bertz CT molecular complexity index is 257. The lowest BCUT2D eigenvalue weighted by Gasteiger charge is -2.14. The van der Waals surface area contributed by atoms with E-state index >= 15 is 0 Å². The van der Waals surface area contributed by atoms with Gasteiger partial charge in [-0.2, -0.15) is 0 Å². The number of hydrogen-bond donors (Lipinski definition) is 2. The van der Waals surface area contributed by atoms with Crippen LogP contribution in [0.15, 0.2) is 0 Å². The molecule has 2 N–H and O–H groups in total. The SMILES string of the molecule is CCOC(=O)NC(=O)CN1CCC(CO)C1. The zero-order valence-corrected chi connectivity index (χ0v) is 9.44. The number of imide groups is 1. The Hall–Kier alpha value is -1.14. The number of rotatable bonds is 4. The van der Waals surface area contributed by atoms with E-state index in [1.54, 1.807) is 6.92 Å². The summed E-state index contributed by atoms with van der Waals surface area (Å²) in [7, 11) is 0. The zero-order valence-electron chi connectivity index (χ0n) is 9.44. The van der Waals surface area contributed by atoms with Crippen LogP contribution >= 0.6 is 0 Å². The van der Waals surface area contributed by atoms with E-state index in [2.05, 4.69) is 10.1 Å². The summed E-state index contributed by atoms with van der Waals surface area (Å²) in [5.41, 5.74) is 0. The molecule has 0 aromatic rings. The summed E-state index contributed by atoms with van der Waals surface area (Å²) in [6, 6.07) is 0. The molecule has 0 aliphatic carbocycles. The van der Waals surface area contributed by atoms with Crippen LogP contribution in [0.2, 0.25) is 0 Å². The van der Waals surface area contributed by atoms with E-state index in [0.717, 1.165) is 13.0 Å². The molecule has 92 valence electrons. The minimum Gasteiger partial charge on any atom is -0.450 e. The van der Waals surface area contributed by atoms with Crippen molar-refractivity contribution in [3.8, 4) is 0 Å². The summed E-state index contributed by atoms with van der Waals surface area (Å²) in [6.45, 7) is 3.73. The molecule has 1 aliphatic heterocycles. The third-order valence-corrected chi connectivity index (χ3v) is 2.51. The van der Waals surface area contributed by atoms with Crippen LogP contribution in [0, 0.1) is 5.92 Å². The van der Waals surface area contributed by atoms with Crippen LogP contribution in [-0.4, -0.2) is 54.9 Å². The average Bonchev–Trinajstić information content (AvgIpc) is 2.65. The zero-order chi connectivity index (χ0) is 12.0. The molecular formula is C10H18N2O4. The topological polar surface area (TPSA) is 78.9 Å². The third kappa shape index (κ3) is 4.16. The second kappa shape index (κ2) is 6.44. The number of nitrogens with one attached hydrogen (secondary N) is 1. The quantitative estimate of drug-likeness (QED) is 0.685. The molecule has 0 aromatic heterocycles. The highest BCUT2D eigenvalue weighted by Crippen LogP contribution is 2.14. The second-order valence-electron chi connectivity index (χ2n) is 3.84. The Morgan fingerprint density at radius 3 is 2.88 bits per heavy atom. The molecule has 2 amide bonds. The van der Waals surface area contributed by atoms with Gasteiger partial charge in [-0.15, -0.1) is 0 Å². The van der Waals surface area contributed by atoms with Gasteiger partial charge in [0.1, 0.15) is 0 Å². The first-order valence-electron chi connectivity index (χ1n) is 5.45. The van der Waals surface area contributed by atoms with Crippen LogP contribution in [0.5, 0.6) is 0 Å². The van der Waals surface area contributed by atoms with Gasteiger partial charge >= 0.3 is 6.09 Å². The molecule has 0 spiro atoms. The van der Waals surface area contributed by atoms with E-state index in [1.165, 1.54) is 0 Å². The molecule has 1 fully saturated rings. The van der Waals surface area contributed by atoms with Crippen molar-refractivity contribution in [2.75, 3.05) is 32.8 Å². The van der Waals surface area contributed by atoms with Crippen molar-refractivity contribution in [2.45, 2.75) is 13.3 Å². The summed E-state index contributed by atoms with van der Waals surface area (Å²) >= 11 is 0. The predicted octanol–water partition coefficient (Wildman–Crippen LogP) is -0.427. The van der Waals surface area contributed by atoms with Gasteiger partial charge in [0.15, 0.2) is 0 Å². The van der Waals surface area contributed by atoms with Crippen molar-refractivity contribution in [2.24, 2.45) is 5.92 Å². The molecule has 1 unspecified atom stereocenters. The molecule has 1 atom stereocenters. The molecule has 16 heavy (non-hydrogen) atoms. The Morgan fingerprint density at radius 1 is 1.56 bits per heavy atom. The Kier molecular flexibility index (Phi) is 5.21. The smallest absolute Gasteiger partial charge is 0.413 e. The van der Waals surface area contributed by atoms with Crippen LogP contribution in [-0.2, 0) is 9.53 Å². The van der Waals surface area contributed by atoms with E-state index in [4.69, 9.17) is 5.11 Å². The summed E-state index contributed by atoms with van der Waals surface area (Å²) in [4.78, 5) is 24.2. The normalized spacial score (nSPS) is 20.8. The Balaban J connectivity index is 2.22. The lowest BCUT2D eigenvalue weighted by Crippen LogP contribution is -2.39. The van der Waals surface area contributed by atoms with Gasteiger partial charge < -0.3 is 9.84 Å². The lowest BCUT2D eigenvalue weighted by molar-refractivity contribution is -0.121. The highest BCUT2D eigenvalue weighted by Gasteiger charge is 2.23. The highest BCUT2D eigenvalue weighted by atomic mass is 16.5. The lowest BCUT2D eigenvalue weighted by atomic mass is 10.1. The van der Waals surface area contributed by atoms with Gasteiger partial charge in [0.2, 0.25) is 5.91 Å². The molecule has 6 heteroatoms. The molecule has 0 radical (unpaired) electrons. The summed E-state index contributed by atoms with van der Waals surface area (Å²) in [6.07, 6.45) is 0.189. The number of hydrogen-bond acceptors (Lipinski definition) is 5. The number of amides is 2. The minimum atomic E-state index is -0.703. The first-order chi connectivity index (χ1) is 7.65. The first-order valence-corrected chi connectivity index (χ1v) is 5.45. The van der Waals surface area contributed by atoms with E-state index in [1.807, 2.05) is 4.90 Å². The van der Waals surface area contributed by atoms with Crippen molar-refractivity contribution < 1.29 is 19.4 Å². The summed E-state index contributed by atoms with van der Waals surface area (Å²) in [5, 5.41) is 11.1. The Morgan fingerprint density at radius 2 is 2.31 bits per heavy atom. The number of ether oxygens (including phenoxy) is 1. The van der Waals surface area contributed by atoms with Crippen LogP contribution in [0.25, 0.3) is 0 Å². The number of aliphatic hydroxyl groups is 1. The van der Waals surface area contributed by atoms with Gasteiger partial charge in [-0.1, -0.05) is 0 Å². The fraction of sp³-hybridized carbons (Fsp3) is 0.800. The standard InChI is InChI=1S/C10H18N2O4/c1-2-16-10(15)11-9(14)6-12-4-3-8(5-12)7-13/h8,13H,2-7H2,1H3,(H,11,14,15). The van der Waals surface area contributed by atoms with Crippen LogP contribution in [0.3, 0.4) is 0 Å². The largest absolute Gasteiger partial charge is 0.450 e. The fourth-order valence-corrected chi connectivity index (χ4v) is 1.73. The Labute approximate surface area is 94.6 Å². The first kappa shape index (κ1) is 12.9. The van der Waals surface area contributed by atoms with Crippen molar-refractivity contribution >= 4 is 12.0 Å². The molecule has 0 saturated carbocycles. The monoisotopic (exact) mass is 230 g/mol. The number of carbonyl (C=O) groups excluding carboxylic acids is 2. The van der Waals surface area contributed by atoms with Crippen molar-refractivity contribution in [3.63, 3.8) is 0 Å².